The van der Waals surface area contributed by atoms with Gasteiger partial charge in [-0.05, 0) is 31.0 Å². The lowest BCUT2D eigenvalue weighted by atomic mass is 10.2. The first-order valence-corrected chi connectivity index (χ1v) is 5.46. The van der Waals surface area contributed by atoms with Gasteiger partial charge < -0.3 is 4.57 Å². The van der Waals surface area contributed by atoms with E-state index in [1.54, 1.807) is 6.20 Å². The number of aryl methyl sites for hydroxylation is 1. The van der Waals surface area contributed by atoms with Crippen LogP contribution in [0.4, 0.5) is 0 Å². The molecule has 1 heterocycles. The van der Waals surface area contributed by atoms with Crippen molar-refractivity contribution in [2.45, 2.75) is 32.2 Å². The smallest absolute Gasteiger partial charge is 0.251 e. The zero-order valence-corrected chi connectivity index (χ0v) is 8.85. The molecule has 0 aromatic carbocycles. The van der Waals surface area contributed by atoms with E-state index < -0.39 is 0 Å². The van der Waals surface area contributed by atoms with E-state index in [-0.39, 0.29) is 5.56 Å². The third-order valence-corrected chi connectivity index (χ3v) is 2.94. The van der Waals surface area contributed by atoms with Gasteiger partial charge in [-0.1, -0.05) is 12.8 Å². The molecule has 3 nitrogen and oxygen atoms in total. The third-order valence-electron chi connectivity index (χ3n) is 2.61. The highest BCUT2D eigenvalue weighted by molar-refractivity contribution is 7.71. The topological polar surface area (TPSA) is 37.8 Å². The van der Waals surface area contributed by atoms with Crippen molar-refractivity contribution in [2.24, 2.45) is 5.92 Å². The normalized spacial score (nSPS) is 15.7. The van der Waals surface area contributed by atoms with Gasteiger partial charge in [0.25, 0.3) is 5.56 Å². The van der Waals surface area contributed by atoms with Crippen molar-refractivity contribution in [2.75, 3.05) is 0 Å². The van der Waals surface area contributed by atoms with Gasteiger partial charge in [0.1, 0.15) is 0 Å². The lowest BCUT2D eigenvalue weighted by Gasteiger charge is -2.04. The summed E-state index contributed by atoms with van der Waals surface area (Å²) in [6.07, 6.45) is 7.02. The predicted molar refractivity (Wildman–Crippen MR) is 57.8 cm³/mol. The standard InChI is InChI=1S/C10H14N2OS/c13-9-5-7-12(10(14)11-9)6-1-2-8-3-4-8/h5,7-8H,1-4,6H2,(H,11,13,14). The van der Waals surface area contributed by atoms with Gasteiger partial charge in [0.15, 0.2) is 4.77 Å². The van der Waals surface area contributed by atoms with Gasteiger partial charge in [0.05, 0.1) is 0 Å². The number of hydrogen-bond acceptors (Lipinski definition) is 2. The Labute approximate surface area is 87.8 Å². The highest BCUT2D eigenvalue weighted by Gasteiger charge is 2.19. The van der Waals surface area contributed by atoms with Crippen molar-refractivity contribution in [3.8, 4) is 0 Å². The second-order valence-electron chi connectivity index (χ2n) is 3.89. The SMILES string of the molecule is O=c1ccn(CCCC2CC2)c(=S)[nH]1. The average Bonchev–Trinajstić information content (AvgIpc) is 2.92. The highest BCUT2D eigenvalue weighted by Crippen LogP contribution is 2.33. The second kappa shape index (κ2) is 4.09. The molecule has 76 valence electrons. The van der Waals surface area contributed by atoms with Gasteiger partial charge in [-0.25, -0.2) is 0 Å². The van der Waals surface area contributed by atoms with E-state index in [1.165, 1.54) is 25.3 Å². The fourth-order valence-electron chi connectivity index (χ4n) is 1.58. The molecule has 0 saturated heterocycles. The Hall–Kier alpha value is -0.900. The minimum Gasteiger partial charge on any atom is -0.325 e. The summed E-state index contributed by atoms with van der Waals surface area (Å²) < 4.78 is 2.47. The number of aromatic nitrogens is 2. The molecule has 0 aliphatic heterocycles. The molecule has 1 fully saturated rings. The highest BCUT2D eigenvalue weighted by atomic mass is 32.1. The molecule has 1 N–H and O–H groups in total. The summed E-state index contributed by atoms with van der Waals surface area (Å²) in [4.78, 5) is 13.5. The zero-order chi connectivity index (χ0) is 9.97. The van der Waals surface area contributed by atoms with Crippen molar-refractivity contribution in [3.05, 3.63) is 27.4 Å². The van der Waals surface area contributed by atoms with Crippen molar-refractivity contribution in [3.63, 3.8) is 0 Å². The first-order chi connectivity index (χ1) is 6.75. The Balaban J connectivity index is 1.94. The van der Waals surface area contributed by atoms with Crippen LogP contribution in [0.25, 0.3) is 0 Å². The van der Waals surface area contributed by atoms with E-state index in [9.17, 15) is 4.79 Å². The fourth-order valence-corrected chi connectivity index (χ4v) is 1.83. The van der Waals surface area contributed by atoms with Crippen LogP contribution in [0.1, 0.15) is 25.7 Å². The lowest BCUT2D eigenvalue weighted by Crippen LogP contribution is -2.11. The largest absolute Gasteiger partial charge is 0.325 e. The molecule has 1 aromatic rings. The Kier molecular flexibility index (Phi) is 2.82. The van der Waals surface area contributed by atoms with E-state index in [0.717, 1.165) is 18.9 Å². The van der Waals surface area contributed by atoms with Crippen LogP contribution in [-0.4, -0.2) is 9.55 Å². The minimum absolute atomic E-state index is 0.117. The van der Waals surface area contributed by atoms with E-state index in [0.29, 0.717) is 4.77 Å². The van der Waals surface area contributed by atoms with Crippen LogP contribution >= 0.6 is 12.2 Å². The number of nitrogens with one attached hydrogen (secondary N) is 1. The first-order valence-electron chi connectivity index (χ1n) is 5.05. The summed E-state index contributed by atoms with van der Waals surface area (Å²) in [6, 6.07) is 1.52. The molecule has 1 aliphatic carbocycles. The summed E-state index contributed by atoms with van der Waals surface area (Å²) in [7, 11) is 0. The van der Waals surface area contributed by atoms with Crippen LogP contribution in [0.2, 0.25) is 0 Å². The predicted octanol–water partition coefficient (Wildman–Crippen LogP) is 2.10. The summed E-state index contributed by atoms with van der Waals surface area (Å²) in [5.74, 6) is 0.965. The fraction of sp³-hybridized carbons (Fsp3) is 0.600. The van der Waals surface area contributed by atoms with Crippen LogP contribution in [0.3, 0.4) is 0 Å². The maximum atomic E-state index is 10.9. The molecular weight excluding hydrogens is 196 g/mol. The maximum absolute atomic E-state index is 10.9. The molecule has 0 atom stereocenters. The number of hydrogen-bond donors (Lipinski definition) is 1. The molecule has 0 radical (unpaired) electrons. The Bertz CT molecular complexity index is 417. The molecule has 0 spiro atoms. The summed E-state index contributed by atoms with van der Waals surface area (Å²) in [6.45, 7) is 0.923. The molecule has 1 aromatic heterocycles. The summed E-state index contributed by atoms with van der Waals surface area (Å²) >= 11 is 5.04. The van der Waals surface area contributed by atoms with Crippen LogP contribution in [0.15, 0.2) is 17.1 Å². The molecule has 2 rings (SSSR count). The van der Waals surface area contributed by atoms with Crippen molar-refractivity contribution >= 4 is 12.2 Å². The van der Waals surface area contributed by atoms with E-state index in [1.807, 2.05) is 4.57 Å². The van der Waals surface area contributed by atoms with E-state index in [2.05, 4.69) is 4.98 Å². The van der Waals surface area contributed by atoms with Gasteiger partial charge >= 0.3 is 0 Å². The molecule has 1 saturated carbocycles. The van der Waals surface area contributed by atoms with Crippen LogP contribution in [0.5, 0.6) is 0 Å². The summed E-state index contributed by atoms with van der Waals surface area (Å²) in [5, 5.41) is 0. The van der Waals surface area contributed by atoms with Crippen LogP contribution < -0.4 is 5.56 Å². The minimum atomic E-state index is -0.117. The van der Waals surface area contributed by atoms with Gasteiger partial charge in [-0.2, -0.15) is 0 Å². The maximum Gasteiger partial charge on any atom is 0.251 e. The molecule has 0 amide bonds. The van der Waals surface area contributed by atoms with Crippen molar-refractivity contribution in [1.29, 1.82) is 0 Å². The Morgan fingerprint density at radius 2 is 2.36 bits per heavy atom. The van der Waals surface area contributed by atoms with Gasteiger partial charge in [0.2, 0.25) is 0 Å². The van der Waals surface area contributed by atoms with Crippen molar-refractivity contribution in [1.82, 2.24) is 9.55 Å². The second-order valence-corrected chi connectivity index (χ2v) is 4.28. The van der Waals surface area contributed by atoms with Crippen LogP contribution in [-0.2, 0) is 6.54 Å². The molecule has 1 aliphatic rings. The van der Waals surface area contributed by atoms with E-state index in [4.69, 9.17) is 12.2 Å². The van der Waals surface area contributed by atoms with Gasteiger partial charge in [-0.3, -0.25) is 9.78 Å². The zero-order valence-electron chi connectivity index (χ0n) is 8.03. The molecule has 14 heavy (non-hydrogen) atoms. The number of rotatable bonds is 4. The quantitative estimate of drug-likeness (QED) is 0.773. The average molecular weight is 210 g/mol. The van der Waals surface area contributed by atoms with E-state index >= 15 is 0 Å². The number of nitrogens with zero attached hydrogens (tertiary/aromatic N) is 1. The number of H-pyrrole nitrogens is 1. The molecule has 4 heteroatoms. The Morgan fingerprint density at radius 1 is 1.57 bits per heavy atom. The monoisotopic (exact) mass is 210 g/mol. The number of aromatic amines is 1. The first kappa shape index (κ1) is 9.65. The molecule has 0 bridgehead atoms. The van der Waals surface area contributed by atoms with Gasteiger partial charge in [0, 0.05) is 18.8 Å². The summed E-state index contributed by atoms with van der Waals surface area (Å²) in [5.41, 5.74) is -0.117. The lowest BCUT2D eigenvalue weighted by molar-refractivity contribution is 0.563. The van der Waals surface area contributed by atoms with Crippen LogP contribution in [0, 0.1) is 10.7 Å². The molecule has 0 unspecified atom stereocenters. The van der Waals surface area contributed by atoms with Gasteiger partial charge in [-0.15, -0.1) is 0 Å². The molecular formula is C10H14N2OS. The Morgan fingerprint density at radius 3 is 3.00 bits per heavy atom. The van der Waals surface area contributed by atoms with Crippen molar-refractivity contribution < 1.29 is 0 Å². The third kappa shape index (κ3) is 2.54.